The van der Waals surface area contributed by atoms with Crippen LogP contribution in [0, 0.1) is 6.92 Å². The largest absolute Gasteiger partial charge is 0.213 e. The van der Waals surface area contributed by atoms with E-state index >= 15 is 0 Å². The van der Waals surface area contributed by atoms with Crippen molar-refractivity contribution in [2.45, 2.75) is 91.0 Å². The molecule has 0 saturated heterocycles. The number of benzene rings is 5. The molecule has 0 radical (unpaired) electrons. The quantitative estimate of drug-likeness (QED) is 0.129. The van der Waals surface area contributed by atoms with Crippen molar-refractivity contribution in [3.05, 3.63) is 150 Å². The monoisotopic (exact) mass is 654 g/mol. The van der Waals surface area contributed by atoms with E-state index in [2.05, 4.69) is 180 Å². The van der Waals surface area contributed by atoms with E-state index in [1.165, 1.54) is 85.3 Å². The molecule has 2 heterocycles. The van der Waals surface area contributed by atoms with Gasteiger partial charge in [-0.2, -0.15) is 4.57 Å². The maximum absolute atomic E-state index is 2.64. The molecule has 0 fully saturated rings. The molecule has 0 bridgehead atoms. The molecule has 252 valence electrons. The van der Waals surface area contributed by atoms with Crippen LogP contribution in [0.3, 0.4) is 0 Å². The van der Waals surface area contributed by atoms with Crippen molar-refractivity contribution in [1.82, 2.24) is 0 Å². The normalized spacial score (nSPS) is 16.1. The van der Waals surface area contributed by atoms with Gasteiger partial charge in [0.25, 0.3) is 0 Å². The van der Waals surface area contributed by atoms with Gasteiger partial charge in [0.15, 0.2) is 11.7 Å². The standard InChI is InChI=1S/C49H52N/c1-7-11-17-36-18-15-21-38(28-36)43-30-42(37-19-13-12-14-20-37)31-44(32-43)40-23-16-22-39(29-40)41-25-26-46-45(33-41)47-27-24-35(5)34-50(47)49(9-3,10-4)48(46,6)8-2/h12-16,18-34H,7-11,17H2,1-6H3/q+1. The number of unbranched alkanes of at least 4 members (excludes halogenated alkanes) is 1. The summed E-state index contributed by atoms with van der Waals surface area (Å²) in [5, 5.41) is 0. The third-order valence-corrected chi connectivity index (χ3v) is 12.0. The first-order chi connectivity index (χ1) is 24.3. The molecule has 0 saturated carbocycles. The summed E-state index contributed by atoms with van der Waals surface area (Å²) in [7, 11) is 0. The first-order valence-electron chi connectivity index (χ1n) is 18.9. The van der Waals surface area contributed by atoms with E-state index in [1.54, 1.807) is 0 Å². The van der Waals surface area contributed by atoms with Crippen molar-refractivity contribution in [3.8, 4) is 55.8 Å². The van der Waals surface area contributed by atoms with Crippen molar-refractivity contribution in [1.29, 1.82) is 0 Å². The molecular weight excluding hydrogens is 603 g/mol. The third kappa shape index (κ3) is 5.81. The number of nitrogens with zero attached hydrogens (tertiary/aromatic N) is 1. The van der Waals surface area contributed by atoms with Crippen molar-refractivity contribution >= 4 is 0 Å². The van der Waals surface area contributed by atoms with Crippen molar-refractivity contribution in [3.63, 3.8) is 0 Å². The molecule has 7 rings (SSSR count). The highest BCUT2D eigenvalue weighted by Gasteiger charge is 2.58. The summed E-state index contributed by atoms with van der Waals surface area (Å²) in [5.74, 6) is 0. The molecule has 1 heteroatoms. The lowest BCUT2D eigenvalue weighted by molar-refractivity contribution is -0.769. The van der Waals surface area contributed by atoms with Crippen molar-refractivity contribution < 1.29 is 4.57 Å². The van der Waals surface area contributed by atoms with Crippen LogP contribution in [0.1, 0.15) is 83.4 Å². The molecule has 50 heavy (non-hydrogen) atoms. The van der Waals surface area contributed by atoms with Gasteiger partial charge in [-0.05, 0) is 125 Å². The minimum Gasteiger partial charge on any atom is -0.192 e. The Morgan fingerprint density at radius 3 is 1.76 bits per heavy atom. The van der Waals surface area contributed by atoms with Gasteiger partial charge in [0.2, 0.25) is 5.69 Å². The summed E-state index contributed by atoms with van der Waals surface area (Å²) >= 11 is 0. The Balaban J connectivity index is 1.35. The number of hydrogen-bond acceptors (Lipinski definition) is 0. The molecule has 1 aliphatic heterocycles. The number of fused-ring (bicyclic) bond motifs is 3. The second-order valence-electron chi connectivity index (χ2n) is 14.7. The summed E-state index contributed by atoms with van der Waals surface area (Å²) in [5.41, 5.74) is 17.0. The number of hydrogen-bond donors (Lipinski definition) is 0. The molecule has 1 nitrogen and oxygen atoms in total. The summed E-state index contributed by atoms with van der Waals surface area (Å²) in [4.78, 5) is 0. The third-order valence-electron chi connectivity index (χ3n) is 12.0. The van der Waals surface area contributed by atoms with Crippen LogP contribution in [0.2, 0.25) is 0 Å². The van der Waals surface area contributed by atoms with Crippen LogP contribution < -0.4 is 4.57 Å². The van der Waals surface area contributed by atoms with Crippen molar-refractivity contribution in [2.24, 2.45) is 0 Å². The minimum absolute atomic E-state index is 0.0276. The van der Waals surface area contributed by atoms with Gasteiger partial charge < -0.3 is 0 Å². The Morgan fingerprint density at radius 1 is 0.520 bits per heavy atom. The van der Waals surface area contributed by atoms with Crippen LogP contribution in [0.15, 0.2) is 134 Å². The molecule has 1 unspecified atom stereocenters. The Labute approximate surface area is 300 Å². The van der Waals surface area contributed by atoms with Crippen LogP contribution in [0.4, 0.5) is 0 Å². The molecule has 0 N–H and O–H groups in total. The van der Waals surface area contributed by atoms with E-state index in [-0.39, 0.29) is 11.0 Å². The first-order valence-corrected chi connectivity index (χ1v) is 18.9. The lowest BCUT2D eigenvalue weighted by Crippen LogP contribution is -2.68. The molecule has 1 aliphatic rings. The minimum atomic E-state index is 0.0276. The molecule has 0 spiro atoms. The lowest BCUT2D eigenvalue weighted by Gasteiger charge is -2.47. The highest BCUT2D eigenvalue weighted by molar-refractivity contribution is 5.84. The fraction of sp³-hybridized carbons (Fsp3) is 0.286. The van der Waals surface area contributed by atoms with Gasteiger partial charge in [0, 0.05) is 24.5 Å². The second-order valence-corrected chi connectivity index (χ2v) is 14.7. The number of rotatable bonds is 10. The Bertz CT molecular complexity index is 2130. The maximum Gasteiger partial charge on any atom is 0.213 e. The summed E-state index contributed by atoms with van der Waals surface area (Å²) < 4.78 is 2.64. The summed E-state index contributed by atoms with van der Waals surface area (Å²) in [6.45, 7) is 14.1. The van der Waals surface area contributed by atoms with E-state index in [0.717, 1.165) is 25.7 Å². The molecule has 6 aromatic rings. The van der Waals surface area contributed by atoms with Crippen LogP contribution in [0.5, 0.6) is 0 Å². The Hall–Kier alpha value is -4.75. The van der Waals surface area contributed by atoms with Crippen LogP contribution in [-0.4, -0.2) is 0 Å². The number of aryl methyl sites for hydroxylation is 2. The van der Waals surface area contributed by atoms with Crippen LogP contribution in [-0.2, 0) is 17.4 Å². The van der Waals surface area contributed by atoms with Gasteiger partial charge in [0.1, 0.15) is 0 Å². The molecular formula is C49H52N+. The van der Waals surface area contributed by atoms with Crippen LogP contribution >= 0.6 is 0 Å². The van der Waals surface area contributed by atoms with E-state index in [4.69, 9.17) is 0 Å². The lowest BCUT2D eigenvalue weighted by atomic mass is 9.58. The Kier molecular flexibility index (Phi) is 9.36. The molecule has 1 aromatic heterocycles. The molecule has 1 atom stereocenters. The second kappa shape index (κ2) is 13.9. The molecule has 0 amide bonds. The summed E-state index contributed by atoms with van der Waals surface area (Å²) in [6.07, 6.45) is 9.25. The number of aromatic nitrogens is 1. The van der Waals surface area contributed by atoms with Gasteiger partial charge in [0.05, 0.1) is 11.0 Å². The Morgan fingerprint density at radius 2 is 1.10 bits per heavy atom. The fourth-order valence-electron chi connectivity index (χ4n) is 8.93. The zero-order valence-electron chi connectivity index (χ0n) is 30.9. The number of pyridine rings is 1. The average Bonchev–Trinajstić information content (AvgIpc) is 3.17. The zero-order chi connectivity index (χ0) is 34.9. The highest BCUT2D eigenvalue weighted by atomic mass is 15.1. The summed E-state index contributed by atoms with van der Waals surface area (Å²) in [6, 6.07) is 48.2. The average molecular weight is 655 g/mol. The van der Waals surface area contributed by atoms with E-state index < -0.39 is 0 Å². The van der Waals surface area contributed by atoms with Gasteiger partial charge in [-0.15, -0.1) is 0 Å². The predicted molar refractivity (Wildman–Crippen MR) is 213 cm³/mol. The van der Waals surface area contributed by atoms with E-state index in [0.29, 0.717) is 0 Å². The van der Waals surface area contributed by atoms with E-state index in [9.17, 15) is 0 Å². The molecule has 0 aliphatic carbocycles. The highest BCUT2D eigenvalue weighted by Crippen LogP contribution is 2.52. The SMILES string of the molecule is CCCCc1cccc(-c2cc(-c3ccccc3)cc(-c3cccc(-c4ccc5c(c4)-c4ccc(C)c[n+]4C(CC)(CC)C5(C)CC)c3)c2)c1. The predicted octanol–water partition coefficient (Wildman–Crippen LogP) is 13.2. The van der Waals surface area contributed by atoms with Gasteiger partial charge in [-0.1, -0.05) is 119 Å². The maximum atomic E-state index is 2.64. The first kappa shape index (κ1) is 33.7. The molecule has 5 aromatic carbocycles. The smallest absolute Gasteiger partial charge is 0.192 e. The van der Waals surface area contributed by atoms with E-state index in [1.807, 2.05) is 0 Å². The van der Waals surface area contributed by atoms with Crippen LogP contribution in [0.25, 0.3) is 55.8 Å². The zero-order valence-corrected chi connectivity index (χ0v) is 30.9. The van der Waals surface area contributed by atoms with Gasteiger partial charge >= 0.3 is 0 Å². The van der Waals surface area contributed by atoms with Gasteiger partial charge in [-0.25, -0.2) is 0 Å². The van der Waals surface area contributed by atoms with Gasteiger partial charge in [-0.3, -0.25) is 0 Å². The topological polar surface area (TPSA) is 3.88 Å². The van der Waals surface area contributed by atoms with Crippen molar-refractivity contribution in [2.75, 3.05) is 0 Å². The fourth-order valence-corrected chi connectivity index (χ4v) is 8.93.